The van der Waals surface area contributed by atoms with Gasteiger partial charge in [0.05, 0.1) is 5.92 Å². The molecule has 1 aliphatic rings. The maximum atomic E-state index is 12.2. The zero-order valence-corrected chi connectivity index (χ0v) is 13.4. The topological polar surface area (TPSA) is 61.4 Å². The molecule has 1 atom stereocenters. The van der Waals surface area contributed by atoms with Gasteiger partial charge in [0.1, 0.15) is 0 Å². The molecule has 0 aromatic heterocycles. The molecule has 5 nitrogen and oxygen atoms in total. The lowest BCUT2D eigenvalue weighted by Crippen LogP contribution is -2.37. The van der Waals surface area contributed by atoms with E-state index >= 15 is 0 Å². The number of amides is 2. The van der Waals surface area contributed by atoms with Crippen LogP contribution in [0.4, 0.5) is 5.69 Å². The van der Waals surface area contributed by atoms with Crippen molar-refractivity contribution in [2.75, 3.05) is 31.1 Å². The summed E-state index contributed by atoms with van der Waals surface area (Å²) < 4.78 is 0. The molecular formula is C17H25N3O2. The second-order valence-electron chi connectivity index (χ2n) is 5.57. The second kappa shape index (κ2) is 7.94. The predicted octanol–water partition coefficient (Wildman–Crippen LogP) is 1.33. The quantitative estimate of drug-likeness (QED) is 0.747. The van der Waals surface area contributed by atoms with Crippen LogP contribution in [0.5, 0.6) is 0 Å². The maximum absolute atomic E-state index is 12.2. The first kappa shape index (κ1) is 16.5. The summed E-state index contributed by atoms with van der Waals surface area (Å²) in [6, 6.07) is 7.99. The van der Waals surface area contributed by atoms with Gasteiger partial charge in [-0.15, -0.1) is 0 Å². The Morgan fingerprint density at radius 2 is 1.95 bits per heavy atom. The van der Waals surface area contributed by atoms with Crippen LogP contribution in [-0.2, 0) is 16.0 Å². The molecule has 5 heteroatoms. The van der Waals surface area contributed by atoms with Crippen LogP contribution in [0.3, 0.4) is 0 Å². The van der Waals surface area contributed by atoms with Crippen LogP contribution in [0, 0.1) is 5.92 Å². The fraction of sp³-hybridized carbons (Fsp3) is 0.529. The van der Waals surface area contributed by atoms with Crippen LogP contribution in [0.2, 0.25) is 0 Å². The van der Waals surface area contributed by atoms with Crippen LogP contribution < -0.4 is 15.5 Å². The largest absolute Gasteiger partial charge is 0.355 e. The molecule has 2 amide bonds. The van der Waals surface area contributed by atoms with E-state index in [0.717, 1.165) is 25.2 Å². The van der Waals surface area contributed by atoms with E-state index in [4.69, 9.17) is 0 Å². The van der Waals surface area contributed by atoms with Gasteiger partial charge < -0.3 is 15.5 Å². The summed E-state index contributed by atoms with van der Waals surface area (Å²) >= 11 is 0. The zero-order chi connectivity index (χ0) is 15.9. The molecule has 120 valence electrons. The molecule has 0 radical (unpaired) electrons. The van der Waals surface area contributed by atoms with E-state index in [1.54, 1.807) is 4.90 Å². The van der Waals surface area contributed by atoms with Crippen molar-refractivity contribution in [1.29, 1.82) is 0 Å². The lowest BCUT2D eigenvalue weighted by molar-refractivity contribution is -0.126. The fourth-order valence-corrected chi connectivity index (χ4v) is 2.64. The summed E-state index contributed by atoms with van der Waals surface area (Å²) in [5.74, 6) is -0.255. The standard InChI is InChI=1S/C17H25N3O2/c1-3-13-5-7-15(8-6-13)20-12-14(11-16(20)21)17(22)19-10-9-18-4-2/h5-8,14,18H,3-4,9-12H2,1-2H3,(H,19,22). The number of nitrogens with one attached hydrogen (secondary N) is 2. The molecule has 0 saturated carbocycles. The molecule has 0 bridgehead atoms. The third-order valence-corrected chi connectivity index (χ3v) is 4.00. The number of hydrogen-bond donors (Lipinski definition) is 2. The molecule has 1 saturated heterocycles. The summed E-state index contributed by atoms with van der Waals surface area (Å²) in [5.41, 5.74) is 2.12. The highest BCUT2D eigenvalue weighted by atomic mass is 16.2. The van der Waals surface area contributed by atoms with Gasteiger partial charge in [0.15, 0.2) is 0 Å². The van der Waals surface area contributed by atoms with Crippen LogP contribution in [0.15, 0.2) is 24.3 Å². The molecule has 22 heavy (non-hydrogen) atoms. The molecule has 1 aliphatic heterocycles. The van der Waals surface area contributed by atoms with E-state index in [-0.39, 0.29) is 17.7 Å². The molecule has 2 rings (SSSR count). The van der Waals surface area contributed by atoms with Crippen molar-refractivity contribution >= 4 is 17.5 Å². The third kappa shape index (κ3) is 4.07. The number of benzene rings is 1. The van der Waals surface area contributed by atoms with Crippen molar-refractivity contribution in [1.82, 2.24) is 10.6 Å². The smallest absolute Gasteiger partial charge is 0.227 e. The number of aryl methyl sites for hydroxylation is 1. The van der Waals surface area contributed by atoms with Gasteiger partial charge in [-0.05, 0) is 30.7 Å². The molecule has 1 aromatic rings. The fourth-order valence-electron chi connectivity index (χ4n) is 2.64. The Balaban J connectivity index is 1.90. The first-order valence-electron chi connectivity index (χ1n) is 8.03. The van der Waals surface area contributed by atoms with Crippen molar-refractivity contribution in [3.05, 3.63) is 29.8 Å². The summed E-state index contributed by atoms with van der Waals surface area (Å²) in [6.07, 6.45) is 1.27. The normalized spacial score (nSPS) is 17.8. The van der Waals surface area contributed by atoms with Gasteiger partial charge in [-0.3, -0.25) is 9.59 Å². The van der Waals surface area contributed by atoms with Crippen LogP contribution in [0.1, 0.15) is 25.8 Å². The van der Waals surface area contributed by atoms with Gasteiger partial charge in [-0.1, -0.05) is 26.0 Å². The molecular weight excluding hydrogens is 278 g/mol. The number of likely N-dealkylation sites (N-methyl/N-ethyl adjacent to an activating group) is 1. The summed E-state index contributed by atoms with van der Waals surface area (Å²) in [6.45, 7) is 6.84. The van der Waals surface area contributed by atoms with Crippen LogP contribution in [0.25, 0.3) is 0 Å². The first-order valence-corrected chi connectivity index (χ1v) is 8.03. The summed E-state index contributed by atoms with van der Waals surface area (Å²) in [4.78, 5) is 26.0. The number of carbonyl (C=O) groups excluding carboxylic acids is 2. The predicted molar refractivity (Wildman–Crippen MR) is 87.8 cm³/mol. The van der Waals surface area contributed by atoms with Crippen molar-refractivity contribution < 1.29 is 9.59 Å². The van der Waals surface area contributed by atoms with Gasteiger partial charge in [0.25, 0.3) is 0 Å². The molecule has 1 aromatic carbocycles. The molecule has 2 N–H and O–H groups in total. The Labute approximate surface area is 132 Å². The Morgan fingerprint density at radius 3 is 2.59 bits per heavy atom. The summed E-state index contributed by atoms with van der Waals surface area (Å²) in [5, 5.41) is 6.05. The highest BCUT2D eigenvalue weighted by Gasteiger charge is 2.34. The van der Waals surface area contributed by atoms with E-state index in [0.29, 0.717) is 19.5 Å². The molecule has 1 unspecified atom stereocenters. The minimum absolute atomic E-state index is 0.0241. The average molecular weight is 303 g/mol. The van der Waals surface area contributed by atoms with Gasteiger partial charge in [0.2, 0.25) is 11.8 Å². The molecule has 1 heterocycles. The Morgan fingerprint density at radius 1 is 1.23 bits per heavy atom. The molecule has 0 aliphatic carbocycles. The highest BCUT2D eigenvalue weighted by molar-refractivity contribution is 6.00. The SMILES string of the molecule is CCNCCNC(=O)C1CC(=O)N(c2ccc(CC)cc2)C1. The number of hydrogen-bond acceptors (Lipinski definition) is 3. The second-order valence-corrected chi connectivity index (χ2v) is 5.57. The van der Waals surface area contributed by atoms with Gasteiger partial charge in [0, 0.05) is 31.7 Å². The van der Waals surface area contributed by atoms with Crippen molar-refractivity contribution in [3.8, 4) is 0 Å². The lowest BCUT2D eigenvalue weighted by atomic mass is 10.1. The number of rotatable bonds is 7. The highest BCUT2D eigenvalue weighted by Crippen LogP contribution is 2.25. The van der Waals surface area contributed by atoms with Gasteiger partial charge >= 0.3 is 0 Å². The van der Waals surface area contributed by atoms with Gasteiger partial charge in [-0.25, -0.2) is 0 Å². The third-order valence-electron chi connectivity index (χ3n) is 4.00. The van der Waals surface area contributed by atoms with E-state index in [1.165, 1.54) is 5.56 Å². The van der Waals surface area contributed by atoms with Crippen molar-refractivity contribution in [2.24, 2.45) is 5.92 Å². The number of nitrogens with zero attached hydrogens (tertiary/aromatic N) is 1. The monoisotopic (exact) mass is 303 g/mol. The van der Waals surface area contributed by atoms with Crippen LogP contribution in [-0.4, -0.2) is 38.0 Å². The Hall–Kier alpha value is -1.88. The first-order chi connectivity index (χ1) is 10.7. The Bertz CT molecular complexity index is 513. The average Bonchev–Trinajstić information content (AvgIpc) is 2.93. The van der Waals surface area contributed by atoms with Crippen LogP contribution >= 0.6 is 0 Å². The summed E-state index contributed by atoms with van der Waals surface area (Å²) in [7, 11) is 0. The van der Waals surface area contributed by atoms with Gasteiger partial charge in [-0.2, -0.15) is 0 Å². The minimum Gasteiger partial charge on any atom is -0.355 e. The Kier molecular flexibility index (Phi) is 5.95. The van der Waals surface area contributed by atoms with E-state index in [9.17, 15) is 9.59 Å². The van der Waals surface area contributed by atoms with Crippen molar-refractivity contribution in [3.63, 3.8) is 0 Å². The number of anilines is 1. The van der Waals surface area contributed by atoms with E-state index in [1.807, 2.05) is 31.2 Å². The number of carbonyl (C=O) groups is 2. The van der Waals surface area contributed by atoms with E-state index in [2.05, 4.69) is 17.6 Å². The van der Waals surface area contributed by atoms with E-state index < -0.39 is 0 Å². The van der Waals surface area contributed by atoms with Crippen molar-refractivity contribution in [2.45, 2.75) is 26.7 Å². The minimum atomic E-state index is -0.250. The zero-order valence-electron chi connectivity index (χ0n) is 13.4. The molecule has 0 spiro atoms. The lowest BCUT2D eigenvalue weighted by Gasteiger charge is -2.17. The maximum Gasteiger partial charge on any atom is 0.227 e. The molecule has 1 fully saturated rings.